The molecule has 4 heteroatoms. The number of halogens is 2. The van der Waals surface area contributed by atoms with Gasteiger partial charge >= 0.3 is 0 Å². The fraction of sp³-hybridized carbons (Fsp3) is 0.500. The third kappa shape index (κ3) is 3.72. The zero-order valence-electron chi connectivity index (χ0n) is 10.4. The smallest absolute Gasteiger partial charge is 0.251 e. The number of carbonyl (C=O) groups is 1. The lowest BCUT2D eigenvalue weighted by Crippen LogP contribution is -2.37. The van der Waals surface area contributed by atoms with Crippen LogP contribution in [0, 0.1) is 5.92 Å². The van der Waals surface area contributed by atoms with E-state index in [1.54, 1.807) is 18.2 Å². The number of nitrogens with one attached hydrogen (secondary N) is 1. The average Bonchev–Trinajstić information content (AvgIpc) is 2.27. The summed E-state index contributed by atoms with van der Waals surface area (Å²) < 4.78 is 0.831. The molecule has 1 aliphatic rings. The van der Waals surface area contributed by atoms with Crippen LogP contribution in [-0.4, -0.2) is 11.9 Å². The Hall–Kier alpha value is -0.540. The van der Waals surface area contributed by atoms with Crippen LogP contribution >= 0.6 is 27.5 Å². The van der Waals surface area contributed by atoms with Crippen molar-refractivity contribution in [2.45, 2.75) is 38.6 Å². The van der Waals surface area contributed by atoms with Crippen molar-refractivity contribution < 1.29 is 4.79 Å². The molecule has 2 rings (SSSR count). The van der Waals surface area contributed by atoms with Gasteiger partial charge in [-0.05, 0) is 37.0 Å². The highest BCUT2D eigenvalue weighted by Crippen LogP contribution is 2.24. The van der Waals surface area contributed by atoms with E-state index in [1.165, 1.54) is 12.8 Å². The van der Waals surface area contributed by atoms with E-state index < -0.39 is 0 Å². The Kier molecular flexibility index (Phi) is 4.68. The first-order valence-electron chi connectivity index (χ1n) is 6.31. The van der Waals surface area contributed by atoms with Gasteiger partial charge in [-0.2, -0.15) is 0 Å². The standard InChI is InChI=1S/C14H17BrClNO/c1-9-3-2-4-13(5-9)17-14(18)10-6-11(15)8-12(16)7-10/h6-9,13H,2-5H2,1H3,(H,17,18). The number of benzene rings is 1. The topological polar surface area (TPSA) is 29.1 Å². The monoisotopic (exact) mass is 329 g/mol. The molecule has 2 nitrogen and oxygen atoms in total. The van der Waals surface area contributed by atoms with E-state index in [4.69, 9.17) is 11.6 Å². The highest BCUT2D eigenvalue weighted by molar-refractivity contribution is 9.10. The molecule has 98 valence electrons. The van der Waals surface area contributed by atoms with Crippen molar-refractivity contribution in [3.8, 4) is 0 Å². The van der Waals surface area contributed by atoms with Crippen molar-refractivity contribution in [2.24, 2.45) is 5.92 Å². The summed E-state index contributed by atoms with van der Waals surface area (Å²) in [6.45, 7) is 2.24. The summed E-state index contributed by atoms with van der Waals surface area (Å²) >= 11 is 9.30. The second-order valence-electron chi connectivity index (χ2n) is 5.10. The van der Waals surface area contributed by atoms with Crippen LogP contribution in [-0.2, 0) is 0 Å². The van der Waals surface area contributed by atoms with E-state index in [0.717, 1.165) is 17.3 Å². The number of carbonyl (C=O) groups excluding carboxylic acids is 1. The first kappa shape index (κ1) is 13.9. The number of hydrogen-bond acceptors (Lipinski definition) is 1. The number of rotatable bonds is 2. The molecule has 1 amide bonds. The number of hydrogen-bond donors (Lipinski definition) is 1. The fourth-order valence-corrected chi connectivity index (χ4v) is 3.38. The van der Waals surface area contributed by atoms with Gasteiger partial charge in [-0.1, -0.05) is 47.3 Å². The largest absolute Gasteiger partial charge is 0.349 e. The number of amides is 1. The van der Waals surface area contributed by atoms with E-state index in [-0.39, 0.29) is 5.91 Å². The quantitative estimate of drug-likeness (QED) is 0.855. The van der Waals surface area contributed by atoms with Crippen LogP contribution in [0.15, 0.2) is 22.7 Å². The molecule has 2 unspecified atom stereocenters. The van der Waals surface area contributed by atoms with Crippen molar-refractivity contribution in [3.63, 3.8) is 0 Å². The predicted molar refractivity (Wildman–Crippen MR) is 78.0 cm³/mol. The molecule has 1 aliphatic carbocycles. The Labute approximate surface area is 121 Å². The molecule has 1 fully saturated rings. The third-order valence-corrected chi connectivity index (χ3v) is 4.07. The molecule has 0 heterocycles. The maximum atomic E-state index is 12.1. The summed E-state index contributed by atoms with van der Waals surface area (Å²) in [4.78, 5) is 12.1. The minimum atomic E-state index is -0.0303. The summed E-state index contributed by atoms with van der Waals surface area (Å²) in [5.41, 5.74) is 0.618. The Bertz CT molecular complexity index is 429. The van der Waals surface area contributed by atoms with Gasteiger partial charge in [0.15, 0.2) is 0 Å². The van der Waals surface area contributed by atoms with Gasteiger partial charge in [-0.15, -0.1) is 0 Å². The highest BCUT2D eigenvalue weighted by Gasteiger charge is 2.21. The van der Waals surface area contributed by atoms with Crippen LogP contribution in [0.25, 0.3) is 0 Å². The normalized spacial score (nSPS) is 23.7. The SMILES string of the molecule is CC1CCCC(NC(=O)c2cc(Cl)cc(Br)c2)C1. The molecule has 18 heavy (non-hydrogen) atoms. The molecular weight excluding hydrogens is 314 g/mol. The Balaban J connectivity index is 2.02. The molecule has 0 aliphatic heterocycles. The average molecular weight is 331 g/mol. The second kappa shape index (κ2) is 6.07. The van der Waals surface area contributed by atoms with Crippen LogP contribution in [0.4, 0.5) is 0 Å². The molecule has 2 atom stereocenters. The second-order valence-corrected chi connectivity index (χ2v) is 6.45. The van der Waals surface area contributed by atoms with E-state index in [2.05, 4.69) is 28.2 Å². The zero-order chi connectivity index (χ0) is 13.1. The Morgan fingerprint density at radius 1 is 1.39 bits per heavy atom. The van der Waals surface area contributed by atoms with Crippen molar-refractivity contribution >= 4 is 33.4 Å². The molecule has 0 spiro atoms. The summed E-state index contributed by atoms with van der Waals surface area (Å²) in [7, 11) is 0. The summed E-state index contributed by atoms with van der Waals surface area (Å²) in [5, 5.41) is 3.68. The van der Waals surface area contributed by atoms with Crippen molar-refractivity contribution in [1.29, 1.82) is 0 Å². The maximum absolute atomic E-state index is 12.1. The van der Waals surface area contributed by atoms with Gasteiger partial charge in [0.1, 0.15) is 0 Å². The lowest BCUT2D eigenvalue weighted by atomic mass is 9.87. The molecule has 1 saturated carbocycles. The van der Waals surface area contributed by atoms with Crippen LogP contribution in [0.3, 0.4) is 0 Å². The molecule has 0 saturated heterocycles. The summed E-state index contributed by atoms with van der Waals surface area (Å²) in [6, 6.07) is 5.58. The van der Waals surface area contributed by atoms with E-state index in [1.807, 2.05) is 0 Å². The van der Waals surface area contributed by atoms with Crippen LogP contribution < -0.4 is 5.32 Å². The van der Waals surface area contributed by atoms with Crippen molar-refractivity contribution in [2.75, 3.05) is 0 Å². The van der Waals surface area contributed by atoms with Gasteiger partial charge in [0.2, 0.25) is 0 Å². The van der Waals surface area contributed by atoms with Crippen molar-refractivity contribution in [1.82, 2.24) is 5.32 Å². The molecule has 1 aromatic rings. The third-order valence-electron chi connectivity index (χ3n) is 3.40. The zero-order valence-corrected chi connectivity index (χ0v) is 12.7. The van der Waals surface area contributed by atoms with Gasteiger partial charge in [0, 0.05) is 21.1 Å². The van der Waals surface area contributed by atoms with E-state index >= 15 is 0 Å². The first-order valence-corrected chi connectivity index (χ1v) is 7.48. The minimum absolute atomic E-state index is 0.0303. The fourth-order valence-electron chi connectivity index (χ4n) is 2.52. The minimum Gasteiger partial charge on any atom is -0.349 e. The van der Waals surface area contributed by atoms with Crippen molar-refractivity contribution in [3.05, 3.63) is 33.3 Å². The van der Waals surface area contributed by atoms with E-state index in [0.29, 0.717) is 22.5 Å². The van der Waals surface area contributed by atoms with Crippen LogP contribution in [0.2, 0.25) is 5.02 Å². The van der Waals surface area contributed by atoms with Gasteiger partial charge in [-0.3, -0.25) is 4.79 Å². The summed E-state index contributed by atoms with van der Waals surface area (Å²) in [6.07, 6.45) is 4.63. The Morgan fingerprint density at radius 3 is 2.83 bits per heavy atom. The van der Waals surface area contributed by atoms with Gasteiger partial charge in [-0.25, -0.2) is 0 Å². The van der Waals surface area contributed by atoms with Gasteiger partial charge < -0.3 is 5.32 Å². The van der Waals surface area contributed by atoms with E-state index in [9.17, 15) is 4.79 Å². The Morgan fingerprint density at radius 2 is 2.17 bits per heavy atom. The summed E-state index contributed by atoms with van der Waals surface area (Å²) in [5.74, 6) is 0.674. The highest BCUT2D eigenvalue weighted by atomic mass is 79.9. The molecule has 0 aromatic heterocycles. The molecule has 0 bridgehead atoms. The lowest BCUT2D eigenvalue weighted by Gasteiger charge is -2.27. The van der Waals surface area contributed by atoms with Gasteiger partial charge in [0.25, 0.3) is 5.91 Å². The maximum Gasteiger partial charge on any atom is 0.251 e. The first-order chi connectivity index (χ1) is 8.54. The lowest BCUT2D eigenvalue weighted by molar-refractivity contribution is 0.0921. The van der Waals surface area contributed by atoms with Gasteiger partial charge in [0.05, 0.1) is 0 Å². The molecular formula is C14H17BrClNO. The molecule has 0 radical (unpaired) electrons. The van der Waals surface area contributed by atoms with Crippen LogP contribution in [0.1, 0.15) is 43.0 Å². The molecule has 1 aromatic carbocycles. The molecule has 1 N–H and O–H groups in total. The van der Waals surface area contributed by atoms with Crippen LogP contribution in [0.5, 0.6) is 0 Å². The predicted octanol–water partition coefficient (Wildman–Crippen LogP) is 4.41.